The molecule has 3 heteroatoms. The molecule has 0 aliphatic rings. The molecule has 0 aliphatic heterocycles. The Morgan fingerprint density at radius 2 is 2.30 bits per heavy atom. The summed E-state index contributed by atoms with van der Waals surface area (Å²) in [5.41, 5.74) is 0. The van der Waals surface area contributed by atoms with Gasteiger partial charge >= 0.3 is 6.01 Å². The molecule has 0 unspecified atom stereocenters. The van der Waals surface area contributed by atoms with Crippen molar-refractivity contribution in [2.24, 2.45) is 0 Å². The normalized spacial score (nSPS) is 9.00. The molecule has 0 fully saturated rings. The molecule has 0 spiro atoms. The fourth-order valence-electron chi connectivity index (χ4n) is 0.740. The first kappa shape index (κ1) is 9.34. The van der Waals surface area contributed by atoms with Crippen LogP contribution in [-0.2, 0) is 0 Å². The Morgan fingerprint density at radius 3 is 2.70 bits per heavy atom. The average molecular weight is 142 g/mol. The minimum atomic E-state index is 0.882. The molecule has 0 aromatic rings. The summed E-state index contributed by atoms with van der Waals surface area (Å²) in [4.78, 5) is 0. The van der Waals surface area contributed by atoms with E-state index in [0.717, 1.165) is 26.1 Å². The SMILES string of the molecule is CC[N+](=C=N)CCCNC. The van der Waals surface area contributed by atoms with Crippen LogP contribution >= 0.6 is 0 Å². The number of rotatable bonds is 5. The Balaban J connectivity index is 3.37. The van der Waals surface area contributed by atoms with Crippen molar-refractivity contribution in [1.82, 2.24) is 5.32 Å². The standard InChI is InChI=1S/C7H16N3/c1-3-10(7-8)6-4-5-9-2/h8-9H,3-6H2,1-2H3/q+1. The second-order valence-corrected chi connectivity index (χ2v) is 2.15. The quantitative estimate of drug-likeness (QED) is 0.325. The van der Waals surface area contributed by atoms with Gasteiger partial charge in [0.15, 0.2) is 0 Å². The van der Waals surface area contributed by atoms with E-state index in [2.05, 4.69) is 11.3 Å². The Hall–Kier alpha value is -0.660. The molecule has 0 amide bonds. The van der Waals surface area contributed by atoms with Crippen molar-refractivity contribution in [3.8, 4) is 0 Å². The Kier molecular flexibility index (Phi) is 6.03. The third-order valence-corrected chi connectivity index (χ3v) is 1.39. The van der Waals surface area contributed by atoms with Crippen LogP contribution in [-0.4, -0.2) is 37.3 Å². The lowest BCUT2D eigenvalue weighted by Gasteiger charge is -1.98. The van der Waals surface area contributed by atoms with E-state index in [1.807, 2.05) is 18.5 Å². The predicted octanol–water partition coefficient (Wildman–Crippen LogP) is 0.381. The Morgan fingerprint density at radius 1 is 1.60 bits per heavy atom. The van der Waals surface area contributed by atoms with Crippen molar-refractivity contribution < 1.29 is 4.58 Å². The van der Waals surface area contributed by atoms with Crippen LogP contribution < -0.4 is 5.32 Å². The van der Waals surface area contributed by atoms with Gasteiger partial charge in [-0.05, 0) is 26.9 Å². The maximum absolute atomic E-state index is 6.85. The average Bonchev–Trinajstić information content (AvgIpc) is 1.99. The Bertz CT molecular complexity index is 125. The van der Waals surface area contributed by atoms with Crippen LogP contribution in [0, 0.1) is 5.41 Å². The molecule has 10 heavy (non-hydrogen) atoms. The minimum absolute atomic E-state index is 0.882. The van der Waals surface area contributed by atoms with Crippen molar-refractivity contribution in [2.45, 2.75) is 13.3 Å². The van der Waals surface area contributed by atoms with Crippen molar-refractivity contribution in [3.05, 3.63) is 0 Å². The van der Waals surface area contributed by atoms with E-state index in [4.69, 9.17) is 5.41 Å². The molecular formula is C7H16N3+. The van der Waals surface area contributed by atoms with Gasteiger partial charge in [0, 0.05) is 0 Å². The van der Waals surface area contributed by atoms with Gasteiger partial charge in [0.25, 0.3) is 0 Å². The maximum atomic E-state index is 6.85. The first-order valence-electron chi connectivity index (χ1n) is 3.67. The Labute approximate surface area is 62.3 Å². The van der Waals surface area contributed by atoms with Gasteiger partial charge in [0.05, 0.1) is 13.1 Å². The lowest BCUT2D eigenvalue weighted by atomic mass is 10.4. The fraction of sp³-hybridized carbons (Fsp3) is 0.857. The summed E-state index contributed by atoms with van der Waals surface area (Å²) in [6.07, 6.45) is 1.08. The molecule has 0 heterocycles. The second kappa shape index (κ2) is 6.46. The lowest BCUT2D eigenvalue weighted by molar-refractivity contribution is -0.518. The van der Waals surface area contributed by atoms with E-state index in [9.17, 15) is 0 Å². The van der Waals surface area contributed by atoms with E-state index >= 15 is 0 Å². The molecule has 2 N–H and O–H groups in total. The second-order valence-electron chi connectivity index (χ2n) is 2.15. The zero-order valence-corrected chi connectivity index (χ0v) is 6.78. The third kappa shape index (κ3) is 4.24. The van der Waals surface area contributed by atoms with E-state index < -0.39 is 0 Å². The molecule has 0 bridgehead atoms. The largest absolute Gasteiger partial charge is 0.320 e. The van der Waals surface area contributed by atoms with Crippen molar-refractivity contribution in [3.63, 3.8) is 0 Å². The highest BCUT2D eigenvalue weighted by atomic mass is 15.0. The molecule has 0 radical (unpaired) electrons. The molecule has 0 atom stereocenters. The molecule has 0 aromatic carbocycles. The number of nitrogens with zero attached hydrogens (tertiary/aromatic N) is 1. The van der Waals surface area contributed by atoms with Gasteiger partial charge < -0.3 is 5.32 Å². The van der Waals surface area contributed by atoms with Crippen molar-refractivity contribution in [2.75, 3.05) is 26.7 Å². The molecule has 0 aliphatic carbocycles. The first-order valence-corrected chi connectivity index (χ1v) is 3.67. The van der Waals surface area contributed by atoms with Crippen LogP contribution in [0.1, 0.15) is 13.3 Å². The van der Waals surface area contributed by atoms with Crippen molar-refractivity contribution >= 4 is 6.01 Å². The van der Waals surface area contributed by atoms with Gasteiger partial charge in [-0.15, -0.1) is 0 Å². The van der Waals surface area contributed by atoms with E-state index in [-0.39, 0.29) is 0 Å². The van der Waals surface area contributed by atoms with Gasteiger partial charge in [0.1, 0.15) is 0 Å². The lowest BCUT2D eigenvalue weighted by Crippen LogP contribution is -2.17. The van der Waals surface area contributed by atoms with Gasteiger partial charge in [0.2, 0.25) is 0 Å². The van der Waals surface area contributed by atoms with Crippen LogP contribution in [0.5, 0.6) is 0 Å². The van der Waals surface area contributed by atoms with E-state index in [1.165, 1.54) is 0 Å². The van der Waals surface area contributed by atoms with Crippen molar-refractivity contribution in [1.29, 1.82) is 5.41 Å². The molecule has 0 saturated heterocycles. The third-order valence-electron chi connectivity index (χ3n) is 1.39. The summed E-state index contributed by atoms with van der Waals surface area (Å²) in [6, 6.07) is 2.37. The summed E-state index contributed by atoms with van der Waals surface area (Å²) in [5, 5.41) is 9.91. The highest BCUT2D eigenvalue weighted by molar-refractivity contribution is 5.27. The molecule has 0 aromatic heterocycles. The van der Waals surface area contributed by atoms with Gasteiger partial charge in [-0.3, -0.25) is 0 Å². The van der Waals surface area contributed by atoms with Gasteiger partial charge in [-0.2, -0.15) is 0 Å². The summed E-state index contributed by atoms with van der Waals surface area (Å²) in [7, 11) is 1.93. The zero-order valence-electron chi connectivity index (χ0n) is 6.78. The molecule has 0 saturated carbocycles. The van der Waals surface area contributed by atoms with Crippen LogP contribution in [0.15, 0.2) is 0 Å². The maximum Gasteiger partial charge on any atom is 0.303 e. The summed E-state index contributed by atoms with van der Waals surface area (Å²) in [6.45, 7) is 4.85. The number of hydrogen-bond acceptors (Lipinski definition) is 2. The van der Waals surface area contributed by atoms with E-state index in [0.29, 0.717) is 0 Å². The smallest absolute Gasteiger partial charge is 0.303 e. The van der Waals surface area contributed by atoms with E-state index in [1.54, 1.807) is 0 Å². The van der Waals surface area contributed by atoms with Gasteiger partial charge in [-0.1, -0.05) is 5.41 Å². The van der Waals surface area contributed by atoms with Crippen LogP contribution in [0.4, 0.5) is 0 Å². The highest BCUT2D eigenvalue weighted by Gasteiger charge is 1.93. The van der Waals surface area contributed by atoms with Crippen LogP contribution in [0.3, 0.4) is 0 Å². The summed E-state index contributed by atoms with van der Waals surface area (Å²) < 4.78 is 1.86. The zero-order chi connectivity index (χ0) is 7.82. The molecule has 0 rings (SSSR count). The summed E-state index contributed by atoms with van der Waals surface area (Å²) >= 11 is 0. The minimum Gasteiger partial charge on any atom is -0.320 e. The topological polar surface area (TPSA) is 38.9 Å². The van der Waals surface area contributed by atoms with Crippen LogP contribution in [0.25, 0.3) is 0 Å². The molecular weight excluding hydrogens is 126 g/mol. The van der Waals surface area contributed by atoms with Crippen LogP contribution in [0.2, 0.25) is 0 Å². The first-order chi connectivity index (χ1) is 4.85. The monoisotopic (exact) mass is 142 g/mol. The number of nitrogens with one attached hydrogen (secondary N) is 2. The molecule has 3 nitrogen and oxygen atoms in total. The summed E-state index contributed by atoms with van der Waals surface area (Å²) in [5.74, 6) is 0. The van der Waals surface area contributed by atoms with Gasteiger partial charge in [-0.25, -0.2) is 4.58 Å². The highest BCUT2D eigenvalue weighted by Crippen LogP contribution is 1.78. The predicted molar refractivity (Wildman–Crippen MR) is 41.9 cm³/mol. The number of hydrogen-bond donors (Lipinski definition) is 2. The molecule has 58 valence electrons. The fourth-order valence-corrected chi connectivity index (χ4v) is 0.740.